The van der Waals surface area contributed by atoms with E-state index in [4.69, 9.17) is 0 Å². The first-order valence-corrected chi connectivity index (χ1v) is 8.35. The van der Waals surface area contributed by atoms with Crippen LogP contribution in [0.3, 0.4) is 0 Å². The van der Waals surface area contributed by atoms with Gasteiger partial charge in [-0.15, -0.1) is 24.0 Å². The molecule has 2 rings (SSSR count). The van der Waals surface area contributed by atoms with E-state index >= 15 is 0 Å². The molecule has 1 unspecified atom stereocenters. The Bertz CT molecular complexity index is 455. The highest BCUT2D eigenvalue weighted by Crippen LogP contribution is 2.34. The van der Waals surface area contributed by atoms with Gasteiger partial charge in [0, 0.05) is 26.2 Å². The maximum atomic E-state index is 4.32. The number of guanidine groups is 1. The fraction of sp³-hybridized carbons (Fsp3) is 0.611. The predicted molar refractivity (Wildman–Crippen MR) is 110 cm³/mol. The van der Waals surface area contributed by atoms with Crippen molar-refractivity contribution < 1.29 is 0 Å². The minimum absolute atomic E-state index is 0. The van der Waals surface area contributed by atoms with Crippen LogP contribution in [0.25, 0.3) is 0 Å². The van der Waals surface area contributed by atoms with Crippen molar-refractivity contribution in [2.45, 2.75) is 31.7 Å². The van der Waals surface area contributed by atoms with Gasteiger partial charge in [0.15, 0.2) is 5.96 Å². The topological polar surface area (TPSA) is 39.7 Å². The lowest BCUT2D eigenvalue weighted by atomic mass is 10.1. The van der Waals surface area contributed by atoms with Crippen LogP contribution in [-0.2, 0) is 6.42 Å². The van der Waals surface area contributed by atoms with Crippen molar-refractivity contribution in [3.05, 3.63) is 35.9 Å². The summed E-state index contributed by atoms with van der Waals surface area (Å²) in [6, 6.07) is 11.2. The molecule has 0 spiro atoms. The standard InChI is InChI=1S/C18H30N4.HI/c1-19-18(21-14-17(22(2)3)16-11-12-16)20-13-7-10-15-8-5-4-6-9-15;/h4-6,8-9,16-17H,7,10-14H2,1-3H3,(H2,19,20,21);1H. The molecular formula is C18H31IN4. The summed E-state index contributed by atoms with van der Waals surface area (Å²) in [4.78, 5) is 6.65. The van der Waals surface area contributed by atoms with Crippen LogP contribution in [0.4, 0.5) is 0 Å². The van der Waals surface area contributed by atoms with Crippen LogP contribution >= 0.6 is 24.0 Å². The number of aliphatic imine (C=N–C) groups is 1. The first-order valence-electron chi connectivity index (χ1n) is 8.35. The van der Waals surface area contributed by atoms with Crippen LogP contribution in [-0.4, -0.2) is 51.1 Å². The summed E-state index contributed by atoms with van der Waals surface area (Å²) in [6.07, 6.45) is 4.96. The van der Waals surface area contributed by atoms with Crippen LogP contribution in [0.1, 0.15) is 24.8 Å². The molecule has 0 aliphatic heterocycles. The maximum Gasteiger partial charge on any atom is 0.191 e. The van der Waals surface area contributed by atoms with Crippen molar-refractivity contribution in [2.24, 2.45) is 10.9 Å². The van der Waals surface area contributed by atoms with Gasteiger partial charge in [0.25, 0.3) is 0 Å². The third-order valence-corrected chi connectivity index (χ3v) is 4.31. The normalized spacial score (nSPS) is 15.9. The second kappa shape index (κ2) is 10.9. The molecule has 5 heteroatoms. The maximum absolute atomic E-state index is 4.32. The molecular weight excluding hydrogens is 399 g/mol. The van der Waals surface area contributed by atoms with E-state index in [1.807, 2.05) is 7.05 Å². The fourth-order valence-corrected chi connectivity index (χ4v) is 2.82. The average molecular weight is 430 g/mol. The monoisotopic (exact) mass is 430 g/mol. The molecule has 1 aromatic rings. The van der Waals surface area contributed by atoms with E-state index in [2.05, 4.69) is 65.0 Å². The van der Waals surface area contributed by atoms with Gasteiger partial charge in [0.2, 0.25) is 0 Å². The molecule has 0 amide bonds. The molecule has 1 aliphatic rings. The third-order valence-electron chi connectivity index (χ3n) is 4.31. The van der Waals surface area contributed by atoms with Gasteiger partial charge in [-0.2, -0.15) is 0 Å². The predicted octanol–water partition coefficient (Wildman–Crippen LogP) is 2.74. The largest absolute Gasteiger partial charge is 0.356 e. The molecule has 1 atom stereocenters. The number of benzene rings is 1. The summed E-state index contributed by atoms with van der Waals surface area (Å²) < 4.78 is 0. The number of aryl methyl sites for hydroxylation is 1. The Morgan fingerprint density at radius 1 is 1.22 bits per heavy atom. The molecule has 2 N–H and O–H groups in total. The van der Waals surface area contributed by atoms with Gasteiger partial charge in [-0.1, -0.05) is 30.3 Å². The highest BCUT2D eigenvalue weighted by Gasteiger charge is 2.32. The zero-order chi connectivity index (χ0) is 15.8. The van der Waals surface area contributed by atoms with Gasteiger partial charge in [0.05, 0.1) is 0 Å². The average Bonchev–Trinajstić information content (AvgIpc) is 3.35. The molecule has 0 radical (unpaired) electrons. The summed E-state index contributed by atoms with van der Waals surface area (Å²) in [6.45, 7) is 1.92. The molecule has 1 aromatic carbocycles. The van der Waals surface area contributed by atoms with Crippen LogP contribution in [0, 0.1) is 5.92 Å². The smallest absolute Gasteiger partial charge is 0.191 e. The van der Waals surface area contributed by atoms with E-state index in [-0.39, 0.29) is 24.0 Å². The van der Waals surface area contributed by atoms with Gasteiger partial charge >= 0.3 is 0 Å². The summed E-state index contributed by atoms with van der Waals surface area (Å²) in [5.74, 6) is 1.78. The van der Waals surface area contributed by atoms with E-state index in [1.54, 1.807) is 0 Å². The quantitative estimate of drug-likeness (QED) is 0.289. The first-order chi connectivity index (χ1) is 10.7. The lowest BCUT2D eigenvalue weighted by Gasteiger charge is -2.25. The van der Waals surface area contributed by atoms with Crippen molar-refractivity contribution in [3.8, 4) is 0 Å². The Hall–Kier alpha value is -0.820. The van der Waals surface area contributed by atoms with Gasteiger partial charge in [-0.25, -0.2) is 0 Å². The van der Waals surface area contributed by atoms with Gasteiger partial charge in [-0.3, -0.25) is 4.99 Å². The Labute approximate surface area is 158 Å². The summed E-state index contributed by atoms with van der Waals surface area (Å²) in [5.41, 5.74) is 1.40. The SMILES string of the molecule is CN=C(NCCCc1ccccc1)NCC(C1CC1)N(C)C.I. The summed E-state index contributed by atoms with van der Waals surface area (Å²) in [5, 5.41) is 6.88. The van der Waals surface area contributed by atoms with Crippen molar-refractivity contribution in [3.63, 3.8) is 0 Å². The Balaban J connectivity index is 0.00000264. The second-order valence-corrected chi connectivity index (χ2v) is 6.34. The summed E-state index contributed by atoms with van der Waals surface area (Å²) >= 11 is 0. The van der Waals surface area contributed by atoms with Gasteiger partial charge in [0.1, 0.15) is 0 Å². The highest BCUT2D eigenvalue weighted by atomic mass is 127. The Morgan fingerprint density at radius 3 is 2.48 bits per heavy atom. The minimum atomic E-state index is 0. The number of rotatable bonds is 8. The highest BCUT2D eigenvalue weighted by molar-refractivity contribution is 14.0. The molecule has 0 aromatic heterocycles. The molecule has 4 nitrogen and oxygen atoms in total. The third kappa shape index (κ3) is 7.52. The zero-order valence-corrected chi connectivity index (χ0v) is 16.9. The molecule has 1 saturated carbocycles. The Kier molecular flexibility index (Phi) is 9.55. The molecule has 1 fully saturated rings. The van der Waals surface area contributed by atoms with Gasteiger partial charge < -0.3 is 15.5 Å². The number of hydrogen-bond donors (Lipinski definition) is 2. The van der Waals surface area contributed by atoms with Crippen molar-refractivity contribution >= 4 is 29.9 Å². The number of hydrogen-bond acceptors (Lipinski definition) is 2. The van der Waals surface area contributed by atoms with E-state index in [9.17, 15) is 0 Å². The number of likely N-dealkylation sites (N-methyl/N-ethyl adjacent to an activating group) is 1. The second-order valence-electron chi connectivity index (χ2n) is 6.34. The minimum Gasteiger partial charge on any atom is -0.356 e. The molecule has 0 heterocycles. The van der Waals surface area contributed by atoms with Crippen LogP contribution in [0.15, 0.2) is 35.3 Å². The van der Waals surface area contributed by atoms with E-state index in [0.717, 1.165) is 37.8 Å². The van der Waals surface area contributed by atoms with Crippen LogP contribution in [0.2, 0.25) is 0 Å². The van der Waals surface area contributed by atoms with Crippen molar-refractivity contribution in [1.82, 2.24) is 15.5 Å². The molecule has 0 bridgehead atoms. The van der Waals surface area contributed by atoms with Gasteiger partial charge in [-0.05, 0) is 51.3 Å². The lowest BCUT2D eigenvalue weighted by Crippen LogP contribution is -2.46. The Morgan fingerprint density at radius 2 is 1.91 bits per heavy atom. The van der Waals surface area contributed by atoms with E-state index < -0.39 is 0 Å². The molecule has 130 valence electrons. The molecule has 0 saturated heterocycles. The number of halogens is 1. The fourth-order valence-electron chi connectivity index (χ4n) is 2.82. The van der Waals surface area contributed by atoms with Crippen molar-refractivity contribution in [1.29, 1.82) is 0 Å². The lowest BCUT2D eigenvalue weighted by molar-refractivity contribution is 0.264. The summed E-state index contributed by atoms with van der Waals surface area (Å²) in [7, 11) is 6.18. The van der Waals surface area contributed by atoms with Crippen molar-refractivity contribution in [2.75, 3.05) is 34.2 Å². The van der Waals surface area contributed by atoms with Crippen LogP contribution in [0.5, 0.6) is 0 Å². The van der Waals surface area contributed by atoms with E-state index in [1.165, 1.54) is 18.4 Å². The zero-order valence-electron chi connectivity index (χ0n) is 14.6. The number of nitrogens with zero attached hydrogens (tertiary/aromatic N) is 2. The first kappa shape index (κ1) is 20.2. The van der Waals surface area contributed by atoms with Crippen LogP contribution < -0.4 is 10.6 Å². The van der Waals surface area contributed by atoms with E-state index in [0.29, 0.717) is 6.04 Å². The molecule has 23 heavy (non-hydrogen) atoms. The number of nitrogens with one attached hydrogen (secondary N) is 2. The molecule has 1 aliphatic carbocycles.